The number of hydrogen-bond acceptors (Lipinski definition) is 3. The lowest BCUT2D eigenvalue weighted by Gasteiger charge is -2.20. The lowest BCUT2D eigenvalue weighted by Crippen LogP contribution is -2.51. The molecule has 7 nitrogen and oxygen atoms in total. The lowest BCUT2D eigenvalue weighted by molar-refractivity contribution is -0.124. The minimum absolute atomic E-state index is 0.101. The Kier molecular flexibility index (Phi) is 5.74. The van der Waals surface area contributed by atoms with Crippen LogP contribution in [0.3, 0.4) is 0 Å². The number of nitrogens with zero attached hydrogens (tertiary/aromatic N) is 2. The van der Waals surface area contributed by atoms with E-state index in [0.29, 0.717) is 0 Å². The fourth-order valence-electron chi connectivity index (χ4n) is 2.38. The molecule has 1 atom stereocenters. The molecule has 0 aliphatic rings. The number of primary amides is 1. The largest absolute Gasteiger partial charge is 0.352 e. The molecule has 1 aromatic heterocycles. The van der Waals surface area contributed by atoms with Gasteiger partial charge in [-0.1, -0.05) is 13.8 Å². The molecule has 8 heteroatoms. The second-order valence-corrected chi connectivity index (χ2v) is 6.11. The third-order valence-electron chi connectivity index (χ3n) is 3.79. The van der Waals surface area contributed by atoms with Crippen LogP contribution in [0.1, 0.15) is 25.1 Å². The third-order valence-corrected chi connectivity index (χ3v) is 3.79. The van der Waals surface area contributed by atoms with Crippen molar-refractivity contribution in [3.05, 3.63) is 47.5 Å². The normalized spacial score (nSPS) is 12.0. The van der Waals surface area contributed by atoms with E-state index in [1.807, 2.05) is 20.8 Å². The number of urea groups is 1. The maximum Gasteiger partial charge on any atom is 0.312 e. The minimum atomic E-state index is -0.742. The Morgan fingerprint density at radius 2 is 1.92 bits per heavy atom. The quantitative estimate of drug-likeness (QED) is 0.740. The van der Waals surface area contributed by atoms with E-state index in [-0.39, 0.29) is 24.2 Å². The Balaban J connectivity index is 2.06. The van der Waals surface area contributed by atoms with E-state index in [4.69, 9.17) is 5.73 Å². The molecule has 0 spiro atoms. The molecule has 134 valence electrons. The van der Waals surface area contributed by atoms with Crippen LogP contribution >= 0.6 is 0 Å². The molecule has 3 amide bonds. The topological polar surface area (TPSA) is 102 Å². The van der Waals surface area contributed by atoms with Gasteiger partial charge in [-0.25, -0.2) is 13.9 Å². The van der Waals surface area contributed by atoms with Crippen molar-refractivity contribution in [3.63, 3.8) is 0 Å². The number of hydrogen-bond donors (Lipinski definition) is 3. The fourth-order valence-corrected chi connectivity index (χ4v) is 2.38. The Hall–Kier alpha value is -2.90. The molecule has 4 N–H and O–H groups in total. The van der Waals surface area contributed by atoms with E-state index in [2.05, 4.69) is 15.7 Å². The summed E-state index contributed by atoms with van der Waals surface area (Å²) in [5.41, 5.74) is 7.39. The molecule has 0 saturated heterocycles. The monoisotopic (exact) mass is 347 g/mol. The Bertz CT molecular complexity index is 755. The van der Waals surface area contributed by atoms with Crippen LogP contribution in [0.4, 0.5) is 9.18 Å². The van der Waals surface area contributed by atoms with Crippen LogP contribution in [0.5, 0.6) is 0 Å². The van der Waals surface area contributed by atoms with Crippen molar-refractivity contribution >= 4 is 11.9 Å². The SMILES string of the molecule is Cc1nn(-c2ccc(F)cc2)cc1CNC(=O)C(NC(N)=O)C(C)C. The second kappa shape index (κ2) is 7.78. The average Bonchev–Trinajstić information content (AvgIpc) is 2.91. The van der Waals surface area contributed by atoms with Crippen LogP contribution < -0.4 is 16.4 Å². The summed E-state index contributed by atoms with van der Waals surface area (Å²) in [6, 6.07) is 4.51. The van der Waals surface area contributed by atoms with Gasteiger partial charge in [-0.3, -0.25) is 4.79 Å². The molecular formula is C17H22FN5O2. The summed E-state index contributed by atoms with van der Waals surface area (Å²) < 4.78 is 14.6. The molecule has 1 aromatic carbocycles. The van der Waals surface area contributed by atoms with E-state index < -0.39 is 12.1 Å². The highest BCUT2D eigenvalue weighted by atomic mass is 19.1. The van der Waals surface area contributed by atoms with Crippen molar-refractivity contribution in [2.24, 2.45) is 11.7 Å². The maximum absolute atomic E-state index is 13.0. The molecule has 2 aromatic rings. The highest BCUT2D eigenvalue weighted by molar-refractivity contribution is 5.86. The first-order chi connectivity index (χ1) is 11.8. The van der Waals surface area contributed by atoms with E-state index in [0.717, 1.165) is 16.9 Å². The molecule has 1 heterocycles. The van der Waals surface area contributed by atoms with Gasteiger partial charge >= 0.3 is 6.03 Å². The van der Waals surface area contributed by atoms with Crippen molar-refractivity contribution in [1.29, 1.82) is 0 Å². The molecule has 0 saturated carbocycles. The molecule has 0 fully saturated rings. The van der Waals surface area contributed by atoms with Crippen molar-refractivity contribution in [2.75, 3.05) is 0 Å². The van der Waals surface area contributed by atoms with Gasteiger partial charge in [0.05, 0.1) is 11.4 Å². The number of carbonyl (C=O) groups is 2. The summed E-state index contributed by atoms with van der Waals surface area (Å²) in [5.74, 6) is -0.736. The van der Waals surface area contributed by atoms with Gasteiger partial charge in [0, 0.05) is 18.3 Å². The number of carbonyl (C=O) groups excluding carboxylic acids is 2. The fraction of sp³-hybridized carbons (Fsp3) is 0.353. The number of halogens is 1. The van der Waals surface area contributed by atoms with Gasteiger partial charge in [-0.15, -0.1) is 0 Å². The number of rotatable bonds is 6. The summed E-state index contributed by atoms with van der Waals surface area (Å²) in [4.78, 5) is 23.3. The Morgan fingerprint density at radius 3 is 2.48 bits per heavy atom. The number of nitrogens with two attached hydrogens (primary N) is 1. The van der Waals surface area contributed by atoms with Gasteiger partial charge in [0.25, 0.3) is 0 Å². The van der Waals surface area contributed by atoms with Gasteiger partial charge in [0.15, 0.2) is 0 Å². The summed E-state index contributed by atoms with van der Waals surface area (Å²) in [5, 5.41) is 9.58. The number of nitrogens with one attached hydrogen (secondary N) is 2. The highest BCUT2D eigenvalue weighted by Gasteiger charge is 2.23. The zero-order chi connectivity index (χ0) is 18.6. The maximum atomic E-state index is 13.0. The zero-order valence-corrected chi connectivity index (χ0v) is 14.4. The number of aryl methyl sites for hydroxylation is 1. The van der Waals surface area contributed by atoms with Crippen LogP contribution in [0.2, 0.25) is 0 Å². The second-order valence-electron chi connectivity index (χ2n) is 6.11. The van der Waals surface area contributed by atoms with Crippen LogP contribution in [-0.2, 0) is 11.3 Å². The van der Waals surface area contributed by atoms with Crippen molar-refractivity contribution in [2.45, 2.75) is 33.4 Å². The molecule has 2 rings (SSSR count). The van der Waals surface area contributed by atoms with E-state index in [1.165, 1.54) is 12.1 Å². The number of benzene rings is 1. The first-order valence-electron chi connectivity index (χ1n) is 7.92. The molecule has 1 unspecified atom stereocenters. The standard InChI is InChI=1S/C17H22FN5O2/c1-10(2)15(21-17(19)25)16(24)20-8-12-9-23(22-11(12)3)14-6-4-13(18)5-7-14/h4-7,9-10,15H,8H2,1-3H3,(H,20,24)(H3,19,21,25). The first kappa shape index (κ1) is 18.4. The molecular weight excluding hydrogens is 325 g/mol. The van der Waals surface area contributed by atoms with Gasteiger partial charge in [0.1, 0.15) is 11.9 Å². The van der Waals surface area contributed by atoms with Crippen LogP contribution in [0, 0.1) is 18.7 Å². The summed E-state index contributed by atoms with van der Waals surface area (Å²) in [6.07, 6.45) is 1.77. The summed E-state index contributed by atoms with van der Waals surface area (Å²) >= 11 is 0. The van der Waals surface area contributed by atoms with E-state index in [1.54, 1.807) is 23.0 Å². The molecule has 0 aliphatic heterocycles. The molecule has 0 aliphatic carbocycles. The lowest BCUT2D eigenvalue weighted by atomic mass is 10.0. The summed E-state index contributed by atoms with van der Waals surface area (Å²) in [6.45, 7) is 5.72. The zero-order valence-electron chi connectivity index (χ0n) is 14.4. The Labute approximate surface area is 145 Å². The van der Waals surface area contributed by atoms with Gasteiger partial charge in [-0.05, 0) is 37.1 Å². The first-order valence-corrected chi connectivity index (χ1v) is 7.92. The minimum Gasteiger partial charge on any atom is -0.352 e. The van der Waals surface area contributed by atoms with Gasteiger partial charge in [0.2, 0.25) is 5.91 Å². The van der Waals surface area contributed by atoms with Crippen molar-refractivity contribution in [3.8, 4) is 5.69 Å². The van der Waals surface area contributed by atoms with Crippen LogP contribution in [0.15, 0.2) is 30.5 Å². The highest BCUT2D eigenvalue weighted by Crippen LogP contribution is 2.13. The predicted molar refractivity (Wildman–Crippen MR) is 91.5 cm³/mol. The predicted octanol–water partition coefficient (Wildman–Crippen LogP) is 1.63. The third kappa shape index (κ3) is 4.79. The van der Waals surface area contributed by atoms with E-state index >= 15 is 0 Å². The Morgan fingerprint density at radius 1 is 1.28 bits per heavy atom. The number of aromatic nitrogens is 2. The average molecular weight is 347 g/mol. The number of amides is 3. The van der Waals surface area contributed by atoms with Crippen LogP contribution in [0.25, 0.3) is 5.69 Å². The van der Waals surface area contributed by atoms with Crippen LogP contribution in [-0.4, -0.2) is 27.8 Å². The smallest absolute Gasteiger partial charge is 0.312 e. The molecule has 25 heavy (non-hydrogen) atoms. The van der Waals surface area contributed by atoms with Crippen molar-refractivity contribution in [1.82, 2.24) is 20.4 Å². The van der Waals surface area contributed by atoms with Gasteiger partial charge < -0.3 is 16.4 Å². The van der Waals surface area contributed by atoms with Gasteiger partial charge in [-0.2, -0.15) is 5.10 Å². The molecule has 0 radical (unpaired) electrons. The summed E-state index contributed by atoms with van der Waals surface area (Å²) in [7, 11) is 0. The van der Waals surface area contributed by atoms with E-state index in [9.17, 15) is 14.0 Å². The van der Waals surface area contributed by atoms with Crippen molar-refractivity contribution < 1.29 is 14.0 Å². The molecule has 0 bridgehead atoms.